The van der Waals surface area contributed by atoms with Gasteiger partial charge in [0.15, 0.2) is 5.17 Å². The number of thioether (sulfide) groups is 1. The molecule has 1 fully saturated rings. The Balaban J connectivity index is 1.65. The molecule has 1 heterocycles. The summed E-state index contributed by atoms with van der Waals surface area (Å²) in [6.45, 7) is 0. The first kappa shape index (κ1) is 19.2. The molecule has 0 radical (unpaired) electrons. The maximum atomic E-state index is 12.1. The highest BCUT2D eigenvalue weighted by Crippen LogP contribution is 2.27. The van der Waals surface area contributed by atoms with E-state index in [4.69, 9.17) is 0 Å². The quantitative estimate of drug-likeness (QED) is 0.450. The third-order valence-electron chi connectivity index (χ3n) is 3.83. The SMILES string of the molecule is O=C1N/C(=N\N=C/c2ccc([N+](=O)[O-])cc2)S[C@@H]1Cc1ccccc1[N+](=O)[O-]. The predicted octanol–water partition coefficient (Wildman–Crippen LogP) is 2.67. The van der Waals surface area contributed by atoms with Gasteiger partial charge in [0.05, 0.1) is 21.3 Å². The molecule has 1 amide bonds. The van der Waals surface area contributed by atoms with Crippen molar-refractivity contribution < 1.29 is 14.6 Å². The summed E-state index contributed by atoms with van der Waals surface area (Å²) in [5.74, 6) is -0.299. The van der Waals surface area contributed by atoms with Gasteiger partial charge in [-0.05, 0) is 17.7 Å². The Morgan fingerprint density at radius 2 is 1.79 bits per heavy atom. The van der Waals surface area contributed by atoms with Gasteiger partial charge in [0.2, 0.25) is 5.91 Å². The van der Waals surface area contributed by atoms with Gasteiger partial charge in [-0.25, -0.2) is 0 Å². The molecule has 3 rings (SSSR count). The number of nitrogens with zero attached hydrogens (tertiary/aromatic N) is 4. The van der Waals surface area contributed by atoms with E-state index < -0.39 is 15.1 Å². The lowest BCUT2D eigenvalue weighted by Crippen LogP contribution is -2.26. The lowest BCUT2D eigenvalue weighted by atomic mass is 10.1. The molecule has 11 heteroatoms. The minimum Gasteiger partial charge on any atom is -0.303 e. The molecule has 0 spiro atoms. The second-order valence-electron chi connectivity index (χ2n) is 5.68. The average Bonchev–Trinajstić information content (AvgIpc) is 3.01. The normalized spacial score (nSPS) is 17.8. The van der Waals surface area contributed by atoms with Gasteiger partial charge in [-0.3, -0.25) is 25.0 Å². The van der Waals surface area contributed by atoms with Crippen LogP contribution in [0.25, 0.3) is 0 Å². The van der Waals surface area contributed by atoms with E-state index in [9.17, 15) is 25.0 Å². The number of nitro groups is 2. The lowest BCUT2D eigenvalue weighted by Gasteiger charge is -2.05. The number of amides is 1. The number of amidine groups is 1. The van der Waals surface area contributed by atoms with Gasteiger partial charge in [-0.2, -0.15) is 5.10 Å². The number of nitrogens with one attached hydrogen (secondary N) is 1. The molecule has 0 aliphatic carbocycles. The van der Waals surface area contributed by atoms with Crippen LogP contribution in [0.3, 0.4) is 0 Å². The molecule has 2 aromatic carbocycles. The van der Waals surface area contributed by atoms with E-state index in [-0.39, 0.29) is 28.9 Å². The molecular formula is C17H13N5O5S. The molecule has 1 N–H and O–H groups in total. The molecule has 2 aromatic rings. The highest BCUT2D eigenvalue weighted by Gasteiger charge is 2.32. The van der Waals surface area contributed by atoms with E-state index in [0.29, 0.717) is 11.1 Å². The van der Waals surface area contributed by atoms with Gasteiger partial charge >= 0.3 is 0 Å². The summed E-state index contributed by atoms with van der Waals surface area (Å²) in [7, 11) is 0. The summed E-state index contributed by atoms with van der Waals surface area (Å²) in [4.78, 5) is 32.8. The van der Waals surface area contributed by atoms with Crippen LogP contribution in [0.1, 0.15) is 11.1 Å². The van der Waals surface area contributed by atoms with Gasteiger partial charge < -0.3 is 5.32 Å². The fraction of sp³-hybridized carbons (Fsp3) is 0.118. The molecule has 1 saturated heterocycles. The zero-order valence-corrected chi connectivity index (χ0v) is 15.0. The molecule has 0 saturated carbocycles. The van der Waals surface area contributed by atoms with Crippen molar-refractivity contribution in [2.75, 3.05) is 0 Å². The van der Waals surface area contributed by atoms with E-state index in [0.717, 1.165) is 11.8 Å². The zero-order valence-electron chi connectivity index (χ0n) is 14.2. The first-order valence-electron chi connectivity index (χ1n) is 7.99. The van der Waals surface area contributed by atoms with Crippen LogP contribution in [0.5, 0.6) is 0 Å². The molecule has 0 bridgehead atoms. The van der Waals surface area contributed by atoms with Crippen molar-refractivity contribution in [3.63, 3.8) is 0 Å². The van der Waals surface area contributed by atoms with Crippen LogP contribution in [0.2, 0.25) is 0 Å². The molecule has 28 heavy (non-hydrogen) atoms. The topological polar surface area (TPSA) is 140 Å². The fourth-order valence-corrected chi connectivity index (χ4v) is 3.43. The summed E-state index contributed by atoms with van der Waals surface area (Å²) in [6.07, 6.45) is 1.59. The second-order valence-corrected chi connectivity index (χ2v) is 6.88. The zero-order chi connectivity index (χ0) is 20.1. The minimum absolute atomic E-state index is 0.0278. The number of carbonyl (C=O) groups excluding carboxylic acids is 1. The first-order valence-corrected chi connectivity index (χ1v) is 8.87. The van der Waals surface area contributed by atoms with Crippen LogP contribution >= 0.6 is 11.8 Å². The Hall–Kier alpha value is -3.60. The second kappa shape index (κ2) is 8.39. The van der Waals surface area contributed by atoms with Crippen LogP contribution in [0.4, 0.5) is 11.4 Å². The monoisotopic (exact) mass is 399 g/mol. The lowest BCUT2D eigenvalue weighted by molar-refractivity contribution is -0.385. The van der Waals surface area contributed by atoms with Crippen molar-refractivity contribution in [1.29, 1.82) is 0 Å². The van der Waals surface area contributed by atoms with Gasteiger partial charge in [-0.1, -0.05) is 30.0 Å². The maximum Gasteiger partial charge on any atom is 0.272 e. The minimum atomic E-state index is -0.547. The number of hydrogen-bond donors (Lipinski definition) is 1. The van der Waals surface area contributed by atoms with E-state index in [1.807, 2.05) is 0 Å². The standard InChI is InChI=1S/C17H13N5O5S/c23-16-15(9-12-3-1-2-4-14(12)22(26)27)28-17(19-16)20-18-10-11-5-7-13(8-6-11)21(24)25/h1-8,10,15H,9H2,(H,19,20,23)/b18-10-/t15-/m1/s1. The number of hydrogen-bond acceptors (Lipinski definition) is 8. The van der Waals surface area contributed by atoms with Crippen molar-refractivity contribution in [1.82, 2.24) is 5.32 Å². The van der Waals surface area contributed by atoms with Crippen molar-refractivity contribution in [3.05, 3.63) is 79.9 Å². The van der Waals surface area contributed by atoms with E-state index >= 15 is 0 Å². The fourth-order valence-electron chi connectivity index (χ4n) is 2.48. The number of carbonyl (C=O) groups is 1. The van der Waals surface area contributed by atoms with Crippen molar-refractivity contribution in [3.8, 4) is 0 Å². The van der Waals surface area contributed by atoms with E-state index in [1.165, 1.54) is 36.5 Å². The Labute approximate surface area is 162 Å². The molecule has 1 aliphatic heterocycles. The molecule has 1 atom stereocenters. The molecule has 0 unspecified atom stereocenters. The number of nitro benzene ring substituents is 2. The summed E-state index contributed by atoms with van der Waals surface area (Å²) < 4.78 is 0. The number of para-hydroxylation sites is 1. The molecule has 0 aromatic heterocycles. The number of non-ortho nitro benzene ring substituents is 1. The van der Waals surface area contributed by atoms with Crippen LogP contribution in [-0.2, 0) is 11.2 Å². The summed E-state index contributed by atoms with van der Waals surface area (Å²) >= 11 is 1.14. The molecule has 1 aliphatic rings. The third kappa shape index (κ3) is 4.57. The largest absolute Gasteiger partial charge is 0.303 e. The number of benzene rings is 2. The Kier molecular flexibility index (Phi) is 5.75. The Bertz CT molecular complexity index is 990. The van der Waals surface area contributed by atoms with Crippen LogP contribution in [0, 0.1) is 20.2 Å². The maximum absolute atomic E-state index is 12.1. The van der Waals surface area contributed by atoms with E-state index in [1.54, 1.807) is 18.2 Å². The van der Waals surface area contributed by atoms with Crippen molar-refractivity contribution in [2.45, 2.75) is 11.7 Å². The van der Waals surface area contributed by atoms with E-state index in [2.05, 4.69) is 15.5 Å². The van der Waals surface area contributed by atoms with Gasteiger partial charge in [-0.15, -0.1) is 5.10 Å². The average molecular weight is 399 g/mol. The Morgan fingerprint density at radius 3 is 2.46 bits per heavy atom. The summed E-state index contributed by atoms with van der Waals surface area (Å²) in [5, 5.41) is 31.8. The van der Waals surface area contributed by atoms with Crippen molar-refractivity contribution in [2.24, 2.45) is 10.2 Å². The molecule has 10 nitrogen and oxygen atoms in total. The van der Waals surface area contributed by atoms with Crippen LogP contribution in [-0.4, -0.2) is 32.4 Å². The van der Waals surface area contributed by atoms with Crippen LogP contribution in [0.15, 0.2) is 58.7 Å². The van der Waals surface area contributed by atoms with Crippen molar-refractivity contribution >= 4 is 40.4 Å². The predicted molar refractivity (Wildman–Crippen MR) is 104 cm³/mol. The van der Waals surface area contributed by atoms with Gasteiger partial charge in [0, 0.05) is 30.2 Å². The first-order chi connectivity index (χ1) is 13.4. The highest BCUT2D eigenvalue weighted by molar-refractivity contribution is 8.15. The van der Waals surface area contributed by atoms with Gasteiger partial charge in [0.1, 0.15) is 0 Å². The summed E-state index contributed by atoms with van der Waals surface area (Å²) in [5.41, 5.74) is 1.02. The Morgan fingerprint density at radius 1 is 1.07 bits per heavy atom. The highest BCUT2D eigenvalue weighted by atomic mass is 32.2. The summed E-state index contributed by atoms with van der Waals surface area (Å²) in [6, 6.07) is 12.0. The van der Waals surface area contributed by atoms with Gasteiger partial charge in [0.25, 0.3) is 11.4 Å². The third-order valence-corrected chi connectivity index (χ3v) is 4.90. The molecular weight excluding hydrogens is 386 g/mol. The smallest absolute Gasteiger partial charge is 0.272 e. The molecule has 142 valence electrons. The van der Waals surface area contributed by atoms with Crippen LogP contribution < -0.4 is 5.32 Å². The number of rotatable bonds is 6.